The summed E-state index contributed by atoms with van der Waals surface area (Å²) in [6, 6.07) is 10.5. The molecule has 1 heterocycles. The highest BCUT2D eigenvalue weighted by Crippen LogP contribution is 2.35. The fraction of sp³-hybridized carbons (Fsp3) is 0.400. The minimum atomic E-state index is 0.446. The van der Waals surface area contributed by atoms with E-state index in [0.29, 0.717) is 23.6 Å². The van der Waals surface area contributed by atoms with Crippen molar-refractivity contribution >= 4 is 11.6 Å². The number of ether oxygens (including phenoxy) is 1. The molecule has 0 saturated heterocycles. The molecule has 2 aromatic rings. The molecule has 0 radical (unpaired) electrons. The molecule has 0 atom stereocenters. The molecule has 100 valence electrons. The Bertz CT molecular complexity index is 532. The average Bonchev–Trinajstić information content (AvgIpc) is 3.07. The van der Waals surface area contributed by atoms with E-state index in [-0.39, 0.29) is 0 Å². The number of hydrogen-bond donors (Lipinski definition) is 0. The number of benzene rings is 1. The second-order valence-electron chi connectivity index (χ2n) is 4.96. The van der Waals surface area contributed by atoms with Gasteiger partial charge in [0.15, 0.2) is 10.9 Å². The van der Waals surface area contributed by atoms with Crippen LogP contribution in [0.1, 0.15) is 37.3 Å². The van der Waals surface area contributed by atoms with Crippen LogP contribution in [-0.4, -0.2) is 9.78 Å². The van der Waals surface area contributed by atoms with Crippen molar-refractivity contribution in [2.24, 2.45) is 0 Å². The van der Waals surface area contributed by atoms with E-state index >= 15 is 0 Å². The van der Waals surface area contributed by atoms with Crippen molar-refractivity contribution in [2.45, 2.75) is 38.3 Å². The number of halogens is 1. The summed E-state index contributed by atoms with van der Waals surface area (Å²) in [5.74, 6) is 0.678. The van der Waals surface area contributed by atoms with Gasteiger partial charge < -0.3 is 4.74 Å². The van der Waals surface area contributed by atoms with Crippen molar-refractivity contribution in [2.75, 3.05) is 0 Å². The van der Waals surface area contributed by atoms with Gasteiger partial charge in [-0.2, -0.15) is 5.10 Å². The molecule has 1 fully saturated rings. The first-order chi connectivity index (χ1) is 9.34. The molecule has 1 aromatic carbocycles. The van der Waals surface area contributed by atoms with Crippen LogP contribution >= 0.6 is 11.6 Å². The number of rotatable bonds is 4. The zero-order chi connectivity index (χ0) is 13.1. The largest absolute Gasteiger partial charge is 0.484 e. The van der Waals surface area contributed by atoms with Crippen LogP contribution < -0.4 is 4.74 Å². The van der Waals surface area contributed by atoms with Gasteiger partial charge in [0.25, 0.3) is 0 Å². The fourth-order valence-electron chi connectivity index (χ4n) is 2.57. The average molecular weight is 277 g/mol. The summed E-state index contributed by atoms with van der Waals surface area (Å²) in [7, 11) is 0. The van der Waals surface area contributed by atoms with E-state index in [2.05, 4.69) is 5.10 Å². The Morgan fingerprint density at radius 2 is 1.95 bits per heavy atom. The number of nitrogens with zero attached hydrogens (tertiary/aromatic N) is 2. The van der Waals surface area contributed by atoms with Gasteiger partial charge in [-0.15, -0.1) is 0 Å². The monoisotopic (exact) mass is 276 g/mol. The standard InChI is InChI=1S/C15H17ClN2O/c16-15-14(19-11-12-6-2-1-3-7-12)10-17-18(15)13-8-4-5-9-13/h1-3,6-7,10,13H,4-5,8-9,11H2. The lowest BCUT2D eigenvalue weighted by Crippen LogP contribution is -2.06. The minimum Gasteiger partial charge on any atom is -0.484 e. The highest BCUT2D eigenvalue weighted by molar-refractivity contribution is 6.31. The Balaban J connectivity index is 1.68. The third kappa shape index (κ3) is 2.76. The smallest absolute Gasteiger partial charge is 0.176 e. The van der Waals surface area contributed by atoms with Crippen LogP contribution in [0.3, 0.4) is 0 Å². The second-order valence-corrected chi connectivity index (χ2v) is 5.31. The van der Waals surface area contributed by atoms with E-state index < -0.39 is 0 Å². The van der Waals surface area contributed by atoms with E-state index in [4.69, 9.17) is 16.3 Å². The maximum absolute atomic E-state index is 6.35. The van der Waals surface area contributed by atoms with Gasteiger partial charge in [0.1, 0.15) is 6.61 Å². The third-order valence-corrected chi connectivity index (χ3v) is 3.97. The summed E-state index contributed by atoms with van der Waals surface area (Å²) in [5.41, 5.74) is 1.13. The van der Waals surface area contributed by atoms with E-state index in [1.807, 2.05) is 35.0 Å². The van der Waals surface area contributed by atoms with Crippen molar-refractivity contribution in [3.05, 3.63) is 47.2 Å². The predicted octanol–water partition coefficient (Wildman–Crippen LogP) is 4.23. The minimum absolute atomic E-state index is 0.446. The highest BCUT2D eigenvalue weighted by Gasteiger charge is 2.21. The molecule has 0 N–H and O–H groups in total. The summed E-state index contributed by atoms with van der Waals surface area (Å²) < 4.78 is 7.66. The molecule has 0 unspecified atom stereocenters. The summed E-state index contributed by atoms with van der Waals surface area (Å²) in [5, 5.41) is 5.00. The van der Waals surface area contributed by atoms with Crippen LogP contribution in [0, 0.1) is 0 Å². The maximum atomic E-state index is 6.35. The van der Waals surface area contributed by atoms with E-state index in [9.17, 15) is 0 Å². The Kier molecular flexibility index (Phi) is 3.74. The van der Waals surface area contributed by atoms with Crippen molar-refractivity contribution < 1.29 is 4.74 Å². The highest BCUT2D eigenvalue weighted by atomic mass is 35.5. The van der Waals surface area contributed by atoms with Gasteiger partial charge in [-0.1, -0.05) is 54.8 Å². The van der Waals surface area contributed by atoms with Gasteiger partial charge in [-0.05, 0) is 18.4 Å². The van der Waals surface area contributed by atoms with Gasteiger partial charge in [0, 0.05) is 0 Å². The molecule has 0 amide bonds. The molecule has 4 heteroatoms. The van der Waals surface area contributed by atoms with Gasteiger partial charge in [-0.25, -0.2) is 4.68 Å². The SMILES string of the molecule is Clc1c(OCc2ccccc2)cnn1C1CCCC1. The molecule has 19 heavy (non-hydrogen) atoms. The Labute approximate surface area is 118 Å². The first-order valence-corrected chi connectivity index (χ1v) is 7.12. The number of hydrogen-bond acceptors (Lipinski definition) is 2. The first-order valence-electron chi connectivity index (χ1n) is 6.74. The van der Waals surface area contributed by atoms with Gasteiger partial charge in [-0.3, -0.25) is 0 Å². The first kappa shape index (κ1) is 12.5. The number of aromatic nitrogens is 2. The van der Waals surface area contributed by atoms with Crippen LogP contribution in [0.25, 0.3) is 0 Å². The third-order valence-electron chi connectivity index (χ3n) is 3.61. The summed E-state index contributed by atoms with van der Waals surface area (Å²) in [6.45, 7) is 0.525. The van der Waals surface area contributed by atoms with Crippen molar-refractivity contribution in [3.63, 3.8) is 0 Å². The van der Waals surface area contributed by atoms with Crippen LogP contribution in [-0.2, 0) is 6.61 Å². The van der Waals surface area contributed by atoms with Crippen LogP contribution in [0.5, 0.6) is 5.75 Å². The van der Waals surface area contributed by atoms with Gasteiger partial charge in [0.2, 0.25) is 0 Å². The van der Waals surface area contributed by atoms with Crippen molar-refractivity contribution in [1.29, 1.82) is 0 Å². The molecule has 0 spiro atoms. The zero-order valence-electron chi connectivity index (χ0n) is 10.8. The summed E-state index contributed by atoms with van der Waals surface area (Å²) in [6.07, 6.45) is 6.59. The quantitative estimate of drug-likeness (QED) is 0.835. The Morgan fingerprint density at radius 1 is 1.21 bits per heavy atom. The Hall–Kier alpha value is -1.48. The molecule has 1 aromatic heterocycles. The normalized spacial score (nSPS) is 15.8. The molecular formula is C15H17ClN2O. The zero-order valence-corrected chi connectivity index (χ0v) is 11.5. The summed E-state index contributed by atoms with van der Waals surface area (Å²) in [4.78, 5) is 0. The van der Waals surface area contributed by atoms with E-state index in [1.165, 1.54) is 25.7 Å². The molecule has 1 aliphatic rings. The topological polar surface area (TPSA) is 27.1 Å². The van der Waals surface area contributed by atoms with Crippen LogP contribution in [0.4, 0.5) is 0 Å². The summed E-state index contributed by atoms with van der Waals surface area (Å²) >= 11 is 6.35. The predicted molar refractivity (Wildman–Crippen MR) is 75.5 cm³/mol. The van der Waals surface area contributed by atoms with Crippen molar-refractivity contribution in [3.8, 4) is 5.75 Å². The maximum Gasteiger partial charge on any atom is 0.176 e. The van der Waals surface area contributed by atoms with Crippen LogP contribution in [0.15, 0.2) is 36.5 Å². The fourth-order valence-corrected chi connectivity index (χ4v) is 2.85. The van der Waals surface area contributed by atoms with Gasteiger partial charge in [0.05, 0.1) is 12.2 Å². The molecule has 3 rings (SSSR count). The van der Waals surface area contributed by atoms with E-state index in [1.54, 1.807) is 6.20 Å². The Morgan fingerprint density at radius 3 is 2.68 bits per heavy atom. The van der Waals surface area contributed by atoms with Crippen LogP contribution in [0.2, 0.25) is 5.15 Å². The molecule has 1 saturated carbocycles. The molecule has 0 aliphatic heterocycles. The molecule has 1 aliphatic carbocycles. The molecule has 3 nitrogen and oxygen atoms in total. The van der Waals surface area contributed by atoms with E-state index in [0.717, 1.165) is 5.56 Å². The second kappa shape index (κ2) is 5.66. The lowest BCUT2D eigenvalue weighted by molar-refractivity contribution is 0.305. The molecular weight excluding hydrogens is 260 g/mol. The van der Waals surface area contributed by atoms with Gasteiger partial charge >= 0.3 is 0 Å². The lowest BCUT2D eigenvalue weighted by Gasteiger charge is -2.11. The van der Waals surface area contributed by atoms with Crippen molar-refractivity contribution in [1.82, 2.24) is 9.78 Å². The molecule has 0 bridgehead atoms. The lowest BCUT2D eigenvalue weighted by atomic mass is 10.2.